The maximum absolute atomic E-state index is 9.53. The van der Waals surface area contributed by atoms with Crippen molar-refractivity contribution < 1.29 is 30.3 Å². The molecular formula is C7H14O6. The topological polar surface area (TPSA) is 110 Å². The maximum Gasteiger partial charge on any atom is 0.197 e. The maximum atomic E-state index is 9.53. The number of rotatable bonds is 3. The highest BCUT2D eigenvalue weighted by atomic mass is 16.7. The van der Waals surface area contributed by atoms with Crippen molar-refractivity contribution >= 4 is 0 Å². The van der Waals surface area contributed by atoms with Gasteiger partial charge in [-0.25, -0.2) is 0 Å². The molecule has 1 aliphatic heterocycles. The van der Waals surface area contributed by atoms with E-state index in [1.807, 2.05) is 0 Å². The highest BCUT2D eigenvalue weighted by molar-refractivity contribution is 4.94. The summed E-state index contributed by atoms with van der Waals surface area (Å²) >= 11 is 0. The molecule has 0 saturated carbocycles. The Hall–Kier alpha value is -0.240. The first-order chi connectivity index (χ1) is 6.05. The molecule has 0 bridgehead atoms. The normalized spacial score (nSPS) is 45.5. The van der Waals surface area contributed by atoms with Crippen LogP contribution in [0, 0.1) is 0 Å². The molecule has 6 nitrogen and oxygen atoms in total. The summed E-state index contributed by atoms with van der Waals surface area (Å²) in [5, 5.41) is 45.3. The van der Waals surface area contributed by atoms with Gasteiger partial charge in [-0.2, -0.15) is 0 Å². The predicted molar refractivity (Wildman–Crippen MR) is 40.6 cm³/mol. The second kappa shape index (κ2) is 3.87. The first-order valence-electron chi connectivity index (χ1n) is 4.03. The highest BCUT2D eigenvalue weighted by Crippen LogP contribution is 2.31. The van der Waals surface area contributed by atoms with Crippen molar-refractivity contribution in [1.82, 2.24) is 0 Å². The molecule has 0 aliphatic carbocycles. The van der Waals surface area contributed by atoms with Crippen molar-refractivity contribution in [2.24, 2.45) is 0 Å². The third kappa shape index (κ3) is 1.83. The van der Waals surface area contributed by atoms with E-state index in [-0.39, 0.29) is 13.0 Å². The molecule has 1 saturated heterocycles. The average molecular weight is 194 g/mol. The largest absolute Gasteiger partial charge is 0.396 e. The molecule has 4 atom stereocenters. The Bertz CT molecular complexity index is 174. The van der Waals surface area contributed by atoms with E-state index in [9.17, 15) is 15.3 Å². The lowest BCUT2D eigenvalue weighted by atomic mass is 10.0. The molecule has 1 heterocycles. The Morgan fingerprint density at radius 1 is 1.23 bits per heavy atom. The van der Waals surface area contributed by atoms with Gasteiger partial charge in [0.2, 0.25) is 0 Å². The van der Waals surface area contributed by atoms with E-state index in [2.05, 4.69) is 0 Å². The summed E-state index contributed by atoms with van der Waals surface area (Å²) in [6, 6.07) is 0. The van der Waals surface area contributed by atoms with E-state index >= 15 is 0 Å². The molecular weight excluding hydrogens is 180 g/mol. The first kappa shape index (κ1) is 10.8. The van der Waals surface area contributed by atoms with E-state index in [4.69, 9.17) is 14.9 Å². The van der Waals surface area contributed by atoms with Crippen LogP contribution in [0.4, 0.5) is 0 Å². The third-order valence-corrected chi connectivity index (χ3v) is 2.17. The minimum absolute atomic E-state index is 0.207. The van der Waals surface area contributed by atoms with Crippen LogP contribution in [0.1, 0.15) is 6.42 Å². The van der Waals surface area contributed by atoms with Crippen LogP contribution >= 0.6 is 0 Å². The number of aliphatic hydroxyl groups excluding tert-OH is 4. The van der Waals surface area contributed by atoms with Gasteiger partial charge in [-0.05, 0) is 0 Å². The fourth-order valence-electron chi connectivity index (χ4n) is 1.38. The summed E-state index contributed by atoms with van der Waals surface area (Å²) in [5.74, 6) is -1.96. The lowest BCUT2D eigenvalue weighted by molar-refractivity contribution is -0.237. The molecule has 1 unspecified atom stereocenters. The van der Waals surface area contributed by atoms with E-state index in [0.717, 1.165) is 0 Å². The molecule has 0 aromatic rings. The van der Waals surface area contributed by atoms with Gasteiger partial charge in [0.15, 0.2) is 5.79 Å². The summed E-state index contributed by atoms with van der Waals surface area (Å²) in [6.45, 7) is -0.871. The zero-order valence-electron chi connectivity index (χ0n) is 7.00. The van der Waals surface area contributed by atoms with Gasteiger partial charge in [-0.1, -0.05) is 0 Å². The Morgan fingerprint density at radius 3 is 2.23 bits per heavy atom. The smallest absolute Gasteiger partial charge is 0.197 e. The standard InChI is InChI=1S/C7H14O6/c8-2-1-7(12)6(11)5(10)4(3-9)13-7/h4-6,8-12H,1-3H2/t4-,5-,6+,7?/m1/s1. The van der Waals surface area contributed by atoms with Gasteiger partial charge in [-0.3, -0.25) is 0 Å². The number of ether oxygens (including phenoxy) is 1. The van der Waals surface area contributed by atoms with Gasteiger partial charge in [-0.15, -0.1) is 0 Å². The van der Waals surface area contributed by atoms with Crippen molar-refractivity contribution in [2.75, 3.05) is 13.2 Å². The fourth-order valence-corrected chi connectivity index (χ4v) is 1.38. The van der Waals surface area contributed by atoms with E-state index in [0.29, 0.717) is 0 Å². The van der Waals surface area contributed by atoms with Gasteiger partial charge in [0.05, 0.1) is 6.61 Å². The summed E-state index contributed by atoms with van der Waals surface area (Å²) < 4.78 is 4.81. The van der Waals surface area contributed by atoms with Crippen LogP contribution < -0.4 is 0 Å². The van der Waals surface area contributed by atoms with Crippen LogP contribution in [0.3, 0.4) is 0 Å². The van der Waals surface area contributed by atoms with Crippen molar-refractivity contribution in [3.05, 3.63) is 0 Å². The summed E-state index contributed by atoms with van der Waals surface area (Å²) in [4.78, 5) is 0. The molecule has 0 amide bonds. The van der Waals surface area contributed by atoms with Gasteiger partial charge < -0.3 is 30.3 Å². The molecule has 1 aliphatic rings. The van der Waals surface area contributed by atoms with Crippen LogP contribution in [-0.4, -0.2) is 62.8 Å². The van der Waals surface area contributed by atoms with Gasteiger partial charge >= 0.3 is 0 Å². The van der Waals surface area contributed by atoms with Crippen LogP contribution in [0.15, 0.2) is 0 Å². The lowest BCUT2D eigenvalue weighted by Gasteiger charge is -2.24. The fraction of sp³-hybridized carbons (Fsp3) is 1.00. The van der Waals surface area contributed by atoms with Crippen LogP contribution in [-0.2, 0) is 4.74 Å². The summed E-state index contributed by atoms with van der Waals surface area (Å²) in [5.41, 5.74) is 0. The minimum Gasteiger partial charge on any atom is -0.396 e. The molecule has 13 heavy (non-hydrogen) atoms. The van der Waals surface area contributed by atoms with Crippen LogP contribution in [0.25, 0.3) is 0 Å². The van der Waals surface area contributed by atoms with E-state index in [1.54, 1.807) is 0 Å². The lowest BCUT2D eigenvalue weighted by Crippen LogP contribution is -2.43. The van der Waals surface area contributed by atoms with Gasteiger partial charge in [0.25, 0.3) is 0 Å². The first-order valence-corrected chi connectivity index (χ1v) is 4.03. The number of aliphatic hydroxyl groups is 5. The molecule has 1 rings (SSSR count). The number of hydrogen-bond acceptors (Lipinski definition) is 6. The quantitative estimate of drug-likeness (QED) is 0.331. The average Bonchev–Trinajstić information content (AvgIpc) is 2.31. The molecule has 78 valence electrons. The van der Waals surface area contributed by atoms with Crippen molar-refractivity contribution in [2.45, 2.75) is 30.5 Å². The second-order valence-corrected chi connectivity index (χ2v) is 3.09. The van der Waals surface area contributed by atoms with Crippen LogP contribution in [0.2, 0.25) is 0 Å². The Balaban J connectivity index is 2.69. The SMILES string of the molecule is OCCC1(O)O[C@H](CO)[C@@H](O)[C@@H]1O. The molecule has 1 fully saturated rings. The van der Waals surface area contributed by atoms with E-state index in [1.165, 1.54) is 0 Å². The molecule has 0 radical (unpaired) electrons. The minimum atomic E-state index is -1.96. The zero-order valence-corrected chi connectivity index (χ0v) is 7.00. The molecule has 0 aromatic carbocycles. The summed E-state index contributed by atoms with van der Waals surface area (Å²) in [6.07, 6.45) is -4.05. The molecule has 5 N–H and O–H groups in total. The third-order valence-electron chi connectivity index (χ3n) is 2.17. The highest BCUT2D eigenvalue weighted by Gasteiger charge is 2.52. The van der Waals surface area contributed by atoms with Gasteiger partial charge in [0.1, 0.15) is 18.3 Å². The van der Waals surface area contributed by atoms with Crippen molar-refractivity contribution in [3.63, 3.8) is 0 Å². The Labute approximate surface area is 75.0 Å². The second-order valence-electron chi connectivity index (χ2n) is 3.09. The predicted octanol–water partition coefficient (Wildman–Crippen LogP) is -2.83. The van der Waals surface area contributed by atoms with Crippen molar-refractivity contribution in [1.29, 1.82) is 0 Å². The zero-order chi connectivity index (χ0) is 10.1. The molecule has 0 aromatic heterocycles. The molecule has 6 heteroatoms. The summed E-state index contributed by atoms with van der Waals surface area (Å²) in [7, 11) is 0. The monoisotopic (exact) mass is 194 g/mol. The van der Waals surface area contributed by atoms with Crippen LogP contribution in [0.5, 0.6) is 0 Å². The Kier molecular flexibility index (Phi) is 3.23. The Morgan fingerprint density at radius 2 is 1.85 bits per heavy atom. The van der Waals surface area contributed by atoms with E-state index < -0.39 is 30.7 Å². The van der Waals surface area contributed by atoms with Crippen molar-refractivity contribution in [3.8, 4) is 0 Å². The number of hydrogen-bond donors (Lipinski definition) is 5. The van der Waals surface area contributed by atoms with Gasteiger partial charge in [0, 0.05) is 13.0 Å². The molecule has 0 spiro atoms.